The smallest absolute Gasteiger partial charge is 0.462 e. The number of carbonyl (C=O) groups is 4. The fourth-order valence-corrected chi connectivity index (χ4v) is 11.8. The summed E-state index contributed by atoms with van der Waals surface area (Å²) in [4.78, 5) is 72.8. The molecule has 0 heterocycles. The highest BCUT2D eigenvalue weighted by atomic mass is 31.2. The van der Waals surface area contributed by atoms with Gasteiger partial charge in [0.1, 0.15) is 19.3 Å². The molecule has 0 spiro atoms. The molecule has 5 unspecified atom stereocenters. The van der Waals surface area contributed by atoms with Gasteiger partial charge in [0.2, 0.25) is 0 Å². The minimum Gasteiger partial charge on any atom is -0.462 e. The van der Waals surface area contributed by atoms with Crippen molar-refractivity contribution >= 4 is 39.5 Å². The normalized spacial score (nSPS) is 14.5. The summed E-state index contributed by atoms with van der Waals surface area (Å²) < 4.78 is 68.4. The van der Waals surface area contributed by atoms with Gasteiger partial charge in [-0.2, -0.15) is 0 Å². The van der Waals surface area contributed by atoms with Crippen LogP contribution in [0.1, 0.15) is 323 Å². The molecule has 0 aromatic rings. The Labute approximate surface area is 595 Å². The molecule has 0 aliphatic carbocycles. The second-order valence-electron chi connectivity index (χ2n) is 25.6. The molecule has 566 valence electrons. The van der Waals surface area contributed by atoms with E-state index in [0.29, 0.717) is 32.1 Å². The quantitative estimate of drug-likeness (QED) is 0.0169. The zero-order valence-electron chi connectivity index (χ0n) is 61.7. The maximum Gasteiger partial charge on any atom is 0.472 e. The van der Waals surface area contributed by atoms with Gasteiger partial charge in [-0.15, -0.1) is 0 Å². The first kappa shape index (κ1) is 94.0. The summed E-state index contributed by atoms with van der Waals surface area (Å²) in [5.41, 5.74) is 0. The number of carbonyl (C=O) groups excluding carboxylic acids is 4. The molecule has 0 bridgehead atoms. The molecule has 0 rings (SSSR count). The van der Waals surface area contributed by atoms with E-state index in [4.69, 9.17) is 37.0 Å². The largest absolute Gasteiger partial charge is 0.472 e. The predicted molar refractivity (Wildman–Crippen MR) is 399 cm³/mol. The van der Waals surface area contributed by atoms with Crippen molar-refractivity contribution in [3.63, 3.8) is 0 Å². The van der Waals surface area contributed by atoms with Crippen molar-refractivity contribution in [3.05, 3.63) is 97.2 Å². The number of esters is 4. The number of rotatable bonds is 72. The van der Waals surface area contributed by atoms with Gasteiger partial charge in [0.25, 0.3) is 0 Å². The van der Waals surface area contributed by atoms with E-state index in [2.05, 4.69) is 107 Å². The number of phosphoric ester groups is 2. The summed E-state index contributed by atoms with van der Waals surface area (Å²) in [6.07, 6.45) is 74.1. The molecular formula is C79H138O17P2. The Hall–Kier alpha value is -4.02. The molecule has 0 aliphatic rings. The number of ether oxygens (including phenoxy) is 4. The molecule has 5 atom stereocenters. The third-order valence-corrected chi connectivity index (χ3v) is 18.0. The van der Waals surface area contributed by atoms with Gasteiger partial charge in [0.15, 0.2) is 12.2 Å². The molecule has 0 aliphatic heterocycles. The Kier molecular flexibility index (Phi) is 68.4. The lowest BCUT2D eigenvalue weighted by Crippen LogP contribution is -2.30. The third-order valence-electron chi connectivity index (χ3n) is 16.1. The molecule has 0 aromatic heterocycles. The van der Waals surface area contributed by atoms with Gasteiger partial charge in [0, 0.05) is 25.7 Å². The van der Waals surface area contributed by atoms with E-state index in [1.54, 1.807) is 0 Å². The molecular weight excluding hydrogens is 1280 g/mol. The van der Waals surface area contributed by atoms with Gasteiger partial charge in [-0.05, 0) is 89.9 Å². The first-order chi connectivity index (χ1) is 47.7. The Morgan fingerprint density at radius 1 is 0.296 bits per heavy atom. The first-order valence-corrected chi connectivity index (χ1v) is 41.5. The number of hydrogen-bond acceptors (Lipinski definition) is 15. The van der Waals surface area contributed by atoms with Crippen LogP contribution in [0.3, 0.4) is 0 Å². The Balaban J connectivity index is 5.38. The molecule has 0 fully saturated rings. The van der Waals surface area contributed by atoms with Crippen molar-refractivity contribution in [2.45, 2.75) is 341 Å². The first-order valence-electron chi connectivity index (χ1n) is 38.5. The summed E-state index contributed by atoms with van der Waals surface area (Å²) in [6.45, 7) is 4.62. The summed E-state index contributed by atoms with van der Waals surface area (Å²) in [5, 5.41) is 10.6. The minimum absolute atomic E-state index is 0.0332. The van der Waals surface area contributed by atoms with Crippen LogP contribution in [0.5, 0.6) is 0 Å². The molecule has 0 aromatic carbocycles. The number of allylic oxidation sites excluding steroid dienone is 16. The van der Waals surface area contributed by atoms with Gasteiger partial charge < -0.3 is 33.8 Å². The molecule has 0 radical (unpaired) electrons. The van der Waals surface area contributed by atoms with E-state index in [-0.39, 0.29) is 25.7 Å². The second-order valence-corrected chi connectivity index (χ2v) is 28.5. The fourth-order valence-electron chi connectivity index (χ4n) is 10.2. The van der Waals surface area contributed by atoms with E-state index in [0.717, 1.165) is 128 Å². The van der Waals surface area contributed by atoms with Crippen molar-refractivity contribution in [3.8, 4) is 0 Å². The van der Waals surface area contributed by atoms with Crippen LogP contribution in [0, 0.1) is 0 Å². The highest BCUT2D eigenvalue weighted by Gasteiger charge is 2.30. The van der Waals surface area contributed by atoms with Crippen LogP contribution in [0.4, 0.5) is 0 Å². The van der Waals surface area contributed by atoms with Gasteiger partial charge >= 0.3 is 39.5 Å². The van der Waals surface area contributed by atoms with Crippen molar-refractivity contribution in [1.82, 2.24) is 0 Å². The second kappa shape index (κ2) is 71.4. The lowest BCUT2D eigenvalue weighted by Gasteiger charge is -2.21. The minimum atomic E-state index is -4.99. The van der Waals surface area contributed by atoms with Gasteiger partial charge in [-0.3, -0.25) is 37.3 Å². The Bertz CT molecular complexity index is 2240. The van der Waals surface area contributed by atoms with Crippen LogP contribution >= 0.6 is 15.6 Å². The number of unbranched alkanes of at least 4 members (excludes halogenated alkanes) is 30. The fraction of sp³-hybridized carbons (Fsp3) is 0.747. The highest BCUT2D eigenvalue weighted by molar-refractivity contribution is 7.47. The summed E-state index contributed by atoms with van der Waals surface area (Å²) in [5.74, 6) is -2.27. The predicted octanol–water partition coefficient (Wildman–Crippen LogP) is 22.0. The molecule has 0 saturated heterocycles. The third kappa shape index (κ3) is 70.4. The summed E-state index contributed by atoms with van der Waals surface area (Å²) >= 11 is 0. The van der Waals surface area contributed by atoms with E-state index < -0.39 is 97.5 Å². The molecule has 0 amide bonds. The summed E-state index contributed by atoms with van der Waals surface area (Å²) in [6, 6.07) is 0. The molecule has 3 N–H and O–H groups in total. The van der Waals surface area contributed by atoms with Crippen LogP contribution in [0.15, 0.2) is 97.2 Å². The summed E-state index contributed by atoms with van der Waals surface area (Å²) in [7, 11) is -9.96. The number of hydrogen-bond donors (Lipinski definition) is 3. The van der Waals surface area contributed by atoms with Crippen molar-refractivity contribution < 1.29 is 80.2 Å². The lowest BCUT2D eigenvalue weighted by molar-refractivity contribution is -0.161. The molecule has 17 nitrogen and oxygen atoms in total. The molecule has 98 heavy (non-hydrogen) atoms. The van der Waals surface area contributed by atoms with Crippen LogP contribution in [0.25, 0.3) is 0 Å². The Morgan fingerprint density at radius 2 is 0.571 bits per heavy atom. The average Bonchev–Trinajstić information content (AvgIpc) is 0.966. The van der Waals surface area contributed by atoms with E-state index in [1.165, 1.54) is 109 Å². The van der Waals surface area contributed by atoms with Crippen molar-refractivity contribution in [2.75, 3.05) is 39.6 Å². The van der Waals surface area contributed by atoms with Crippen LogP contribution in [-0.4, -0.2) is 96.7 Å². The molecule has 19 heteroatoms. The monoisotopic (exact) mass is 1420 g/mol. The van der Waals surface area contributed by atoms with Crippen molar-refractivity contribution in [1.29, 1.82) is 0 Å². The van der Waals surface area contributed by atoms with Crippen LogP contribution in [-0.2, 0) is 65.4 Å². The molecule has 0 saturated carbocycles. The van der Waals surface area contributed by atoms with E-state index in [9.17, 15) is 43.2 Å². The average molecular weight is 1420 g/mol. The van der Waals surface area contributed by atoms with Crippen molar-refractivity contribution in [2.24, 2.45) is 0 Å². The van der Waals surface area contributed by atoms with Gasteiger partial charge in [-0.25, -0.2) is 9.13 Å². The van der Waals surface area contributed by atoms with Crippen LogP contribution < -0.4 is 0 Å². The standard InChI is InChI=1S/C79H138O17P2/c1-5-9-13-17-21-25-29-33-34-35-36-37-38-42-44-48-52-56-60-64-77(82)90-70-75(96-79(84)66-62-58-54-50-46-41-32-28-24-20-16-12-8-4)72-94-98(87,88)92-68-73(80)67-91-97(85,86)93-71-74(95-78(83)65-61-57-53-49-45-40-31-27-23-19-15-11-7-3)69-89-76(81)63-59-55-51-47-43-39-30-26-22-18-14-10-6-2/h9,13,16,20-21,25,28,32-34,36-37,42,44,52,56,73-75,80H,5-8,10-12,14-15,17-19,22-24,26-27,29-31,35,38-41,43,45-51,53-55,57-72H2,1-4H3,(H,85,86)(H,87,88)/b13-9-,20-16-,25-21-,32-28-,34-33-,37-36-,44-42-,56-52-. The lowest BCUT2D eigenvalue weighted by atomic mass is 10.0. The van der Waals surface area contributed by atoms with Crippen LogP contribution in [0.2, 0.25) is 0 Å². The van der Waals surface area contributed by atoms with E-state index >= 15 is 0 Å². The zero-order chi connectivity index (χ0) is 71.8. The SMILES string of the molecule is CC/C=C\C/C=C\C/C=C\C/C=C\C/C=C\C/C=C\CCC(=O)OCC(COP(=O)(O)OCC(O)COP(=O)(O)OCC(COC(=O)CCCCCCCCCCCCCCC)OC(=O)CCCCCCCCCCCCCCC)OC(=O)CCCCCCC/C=C\C/C=C\CCC. The van der Waals surface area contributed by atoms with E-state index in [1.807, 2.05) is 18.2 Å². The van der Waals surface area contributed by atoms with Gasteiger partial charge in [0.05, 0.1) is 26.4 Å². The number of phosphoric acid groups is 2. The topological polar surface area (TPSA) is 237 Å². The number of aliphatic hydroxyl groups is 1. The Morgan fingerprint density at radius 3 is 0.918 bits per heavy atom. The van der Waals surface area contributed by atoms with Gasteiger partial charge in [-0.1, -0.05) is 305 Å². The zero-order valence-corrected chi connectivity index (χ0v) is 63.5. The maximum atomic E-state index is 13.1. The maximum absolute atomic E-state index is 13.1. The highest BCUT2D eigenvalue weighted by Crippen LogP contribution is 2.45. The number of aliphatic hydroxyl groups excluding tert-OH is 1.